The molecule has 2 N–H and O–H groups in total. The monoisotopic (exact) mass is 304 g/mol. The number of hydrogen-bond acceptors (Lipinski definition) is 3. The Morgan fingerprint density at radius 1 is 1.14 bits per heavy atom. The van der Waals surface area contributed by atoms with Crippen molar-refractivity contribution in [3.63, 3.8) is 0 Å². The normalized spacial score (nSPS) is 13.7. The molecule has 0 heterocycles. The van der Waals surface area contributed by atoms with E-state index in [1.807, 2.05) is 68.7 Å². The van der Waals surface area contributed by atoms with Crippen molar-refractivity contribution in [2.45, 2.75) is 12.1 Å². The fourth-order valence-corrected chi connectivity index (χ4v) is 2.72. The molecular weight excluding hydrogens is 284 g/mol. The van der Waals surface area contributed by atoms with Gasteiger partial charge in [-0.15, -0.1) is 0 Å². The number of likely N-dealkylation sites (N-methyl/N-ethyl adjacent to an activating group) is 2. The summed E-state index contributed by atoms with van der Waals surface area (Å²) in [6.07, 6.45) is -0.526. The summed E-state index contributed by atoms with van der Waals surface area (Å²) < 4.78 is 0. The third kappa shape index (κ3) is 3.97. The molecule has 0 aliphatic heterocycles. The number of anilines is 1. The molecule has 0 radical (unpaired) electrons. The first-order chi connectivity index (χ1) is 10.1. The van der Waals surface area contributed by atoms with Gasteiger partial charge in [-0.2, -0.15) is 0 Å². The predicted molar refractivity (Wildman–Crippen MR) is 89.0 cm³/mol. The van der Waals surface area contributed by atoms with Crippen LogP contribution in [0.3, 0.4) is 0 Å². The molecule has 0 aromatic heterocycles. The van der Waals surface area contributed by atoms with Crippen molar-refractivity contribution in [3.8, 4) is 0 Å². The smallest absolute Gasteiger partial charge is 0.0909 e. The van der Waals surface area contributed by atoms with Crippen LogP contribution >= 0.6 is 11.6 Å². The van der Waals surface area contributed by atoms with E-state index in [0.717, 1.165) is 11.3 Å². The van der Waals surface area contributed by atoms with Gasteiger partial charge in [0.05, 0.1) is 12.1 Å². The molecule has 0 fully saturated rings. The van der Waals surface area contributed by atoms with Gasteiger partial charge >= 0.3 is 0 Å². The zero-order chi connectivity index (χ0) is 15.2. The van der Waals surface area contributed by atoms with E-state index in [2.05, 4.69) is 10.2 Å². The van der Waals surface area contributed by atoms with Gasteiger partial charge in [0, 0.05) is 24.3 Å². The van der Waals surface area contributed by atoms with E-state index < -0.39 is 6.10 Å². The maximum atomic E-state index is 10.5. The van der Waals surface area contributed by atoms with E-state index in [9.17, 15) is 5.11 Å². The van der Waals surface area contributed by atoms with Crippen LogP contribution in [0, 0.1) is 0 Å². The highest BCUT2D eigenvalue weighted by atomic mass is 35.5. The van der Waals surface area contributed by atoms with Crippen LogP contribution in [0.4, 0.5) is 5.69 Å². The first-order valence-corrected chi connectivity index (χ1v) is 7.37. The van der Waals surface area contributed by atoms with Crippen molar-refractivity contribution < 1.29 is 5.11 Å². The highest BCUT2D eigenvalue weighted by molar-refractivity contribution is 6.30. The number of aliphatic hydroxyl groups excluding tert-OH is 1. The SMILES string of the molecule is CNC[C@@H](O)[C@H](c1ccccc1)N(C)c1cccc(Cl)c1. The number of benzene rings is 2. The van der Waals surface area contributed by atoms with Crippen molar-refractivity contribution in [2.75, 3.05) is 25.5 Å². The third-order valence-corrected chi connectivity index (χ3v) is 3.79. The minimum atomic E-state index is -0.526. The Kier molecular flexibility index (Phi) is 5.62. The highest BCUT2D eigenvalue weighted by Crippen LogP contribution is 2.29. The Bertz CT molecular complexity index is 562. The summed E-state index contributed by atoms with van der Waals surface area (Å²) in [6.45, 7) is 0.518. The standard InChI is InChI=1S/C17H21ClN2O/c1-19-12-16(21)17(13-7-4-3-5-8-13)20(2)15-10-6-9-14(18)11-15/h3-11,16-17,19,21H,12H2,1-2H3/t16-,17+/m1/s1. The van der Waals surface area contributed by atoms with E-state index in [4.69, 9.17) is 11.6 Å². The minimum absolute atomic E-state index is 0.142. The molecular formula is C17H21ClN2O. The Hall–Kier alpha value is -1.55. The Labute approximate surface area is 131 Å². The molecule has 2 rings (SSSR count). The lowest BCUT2D eigenvalue weighted by Crippen LogP contribution is -2.39. The molecule has 0 spiro atoms. The average molecular weight is 305 g/mol. The molecule has 4 heteroatoms. The summed E-state index contributed by atoms with van der Waals surface area (Å²) in [5.41, 5.74) is 2.05. The van der Waals surface area contributed by atoms with Crippen molar-refractivity contribution in [1.82, 2.24) is 5.32 Å². The van der Waals surface area contributed by atoms with Gasteiger partial charge in [-0.3, -0.25) is 0 Å². The number of halogens is 1. The summed E-state index contributed by atoms with van der Waals surface area (Å²) in [6, 6.07) is 17.5. The lowest BCUT2D eigenvalue weighted by Gasteiger charge is -2.34. The molecule has 21 heavy (non-hydrogen) atoms. The van der Waals surface area contributed by atoms with Gasteiger partial charge in [-0.05, 0) is 30.8 Å². The molecule has 112 valence electrons. The van der Waals surface area contributed by atoms with E-state index in [-0.39, 0.29) is 6.04 Å². The van der Waals surface area contributed by atoms with Crippen LogP contribution in [-0.4, -0.2) is 31.9 Å². The van der Waals surface area contributed by atoms with Gasteiger partial charge in [0.25, 0.3) is 0 Å². The molecule has 0 aliphatic rings. The van der Waals surface area contributed by atoms with Crippen molar-refractivity contribution in [2.24, 2.45) is 0 Å². The topological polar surface area (TPSA) is 35.5 Å². The van der Waals surface area contributed by atoms with Crippen LogP contribution in [0.5, 0.6) is 0 Å². The summed E-state index contributed by atoms with van der Waals surface area (Å²) in [4.78, 5) is 2.06. The van der Waals surface area contributed by atoms with Gasteiger partial charge < -0.3 is 15.3 Å². The molecule has 0 unspecified atom stereocenters. The predicted octanol–water partition coefficient (Wildman–Crippen LogP) is 3.10. The van der Waals surface area contributed by atoms with Crippen molar-refractivity contribution >= 4 is 17.3 Å². The van der Waals surface area contributed by atoms with Crippen LogP contribution in [0.2, 0.25) is 5.02 Å². The summed E-state index contributed by atoms with van der Waals surface area (Å²) in [5.74, 6) is 0. The zero-order valence-electron chi connectivity index (χ0n) is 12.3. The average Bonchev–Trinajstić information content (AvgIpc) is 2.49. The maximum absolute atomic E-state index is 10.5. The number of nitrogens with one attached hydrogen (secondary N) is 1. The number of rotatable bonds is 6. The summed E-state index contributed by atoms with van der Waals surface area (Å²) in [7, 11) is 3.81. The Morgan fingerprint density at radius 2 is 1.86 bits per heavy atom. The number of nitrogens with zero attached hydrogens (tertiary/aromatic N) is 1. The van der Waals surface area contributed by atoms with Crippen molar-refractivity contribution in [3.05, 3.63) is 65.2 Å². The molecule has 2 aromatic carbocycles. The second kappa shape index (κ2) is 7.46. The van der Waals surface area contributed by atoms with Crippen LogP contribution in [0.15, 0.2) is 54.6 Å². The number of aliphatic hydroxyl groups is 1. The maximum Gasteiger partial charge on any atom is 0.0909 e. The first kappa shape index (κ1) is 15.8. The fourth-order valence-electron chi connectivity index (χ4n) is 2.53. The molecule has 2 atom stereocenters. The van der Waals surface area contributed by atoms with Crippen LogP contribution in [0.1, 0.15) is 11.6 Å². The highest BCUT2D eigenvalue weighted by Gasteiger charge is 2.25. The number of hydrogen-bond donors (Lipinski definition) is 2. The lowest BCUT2D eigenvalue weighted by molar-refractivity contribution is 0.142. The van der Waals surface area contributed by atoms with E-state index in [1.54, 1.807) is 0 Å². The van der Waals surface area contributed by atoms with Crippen LogP contribution in [0.25, 0.3) is 0 Å². The largest absolute Gasteiger partial charge is 0.389 e. The first-order valence-electron chi connectivity index (χ1n) is 6.99. The van der Waals surface area contributed by atoms with Gasteiger partial charge in [0.2, 0.25) is 0 Å². The fraction of sp³-hybridized carbons (Fsp3) is 0.294. The van der Waals surface area contributed by atoms with Gasteiger partial charge in [0.15, 0.2) is 0 Å². The van der Waals surface area contributed by atoms with E-state index in [1.165, 1.54) is 0 Å². The molecule has 0 saturated heterocycles. The zero-order valence-corrected chi connectivity index (χ0v) is 13.1. The molecule has 2 aromatic rings. The molecule has 0 amide bonds. The lowest BCUT2D eigenvalue weighted by atomic mass is 9.99. The molecule has 0 saturated carbocycles. The molecule has 3 nitrogen and oxygen atoms in total. The second-order valence-corrected chi connectivity index (χ2v) is 5.51. The second-order valence-electron chi connectivity index (χ2n) is 5.07. The Morgan fingerprint density at radius 3 is 2.48 bits per heavy atom. The van der Waals surface area contributed by atoms with E-state index in [0.29, 0.717) is 11.6 Å². The van der Waals surface area contributed by atoms with E-state index >= 15 is 0 Å². The van der Waals surface area contributed by atoms with Gasteiger partial charge in [-0.25, -0.2) is 0 Å². The Balaban J connectivity index is 2.35. The molecule has 0 bridgehead atoms. The van der Waals surface area contributed by atoms with Crippen LogP contribution < -0.4 is 10.2 Å². The van der Waals surface area contributed by atoms with Gasteiger partial charge in [0.1, 0.15) is 0 Å². The summed E-state index contributed by atoms with van der Waals surface area (Å²) in [5, 5.41) is 14.2. The van der Waals surface area contributed by atoms with Gasteiger partial charge in [-0.1, -0.05) is 48.0 Å². The molecule has 0 aliphatic carbocycles. The van der Waals surface area contributed by atoms with Crippen molar-refractivity contribution in [1.29, 1.82) is 0 Å². The third-order valence-electron chi connectivity index (χ3n) is 3.55. The van der Waals surface area contributed by atoms with Crippen LogP contribution in [-0.2, 0) is 0 Å². The minimum Gasteiger partial charge on any atom is -0.389 e. The summed E-state index contributed by atoms with van der Waals surface area (Å²) >= 11 is 6.08. The quantitative estimate of drug-likeness (QED) is 0.861.